The summed E-state index contributed by atoms with van der Waals surface area (Å²) in [7, 11) is 0. The number of ether oxygens (including phenoxy) is 1. The van der Waals surface area contributed by atoms with Gasteiger partial charge in [-0.3, -0.25) is 14.4 Å². The molecule has 2 rings (SSSR count). The highest BCUT2D eigenvalue weighted by Crippen LogP contribution is 2.23. The highest BCUT2D eigenvalue weighted by molar-refractivity contribution is 7.18. The molecular formula is C18H18ClNO4S. The van der Waals surface area contributed by atoms with Gasteiger partial charge in [-0.05, 0) is 43.2 Å². The number of nitrogens with one attached hydrogen (secondary N) is 1. The molecule has 5 nitrogen and oxygen atoms in total. The molecule has 0 saturated carbocycles. The minimum atomic E-state index is -0.591. The number of benzene rings is 1. The fourth-order valence-electron chi connectivity index (χ4n) is 2.08. The number of thiophene rings is 1. The zero-order chi connectivity index (χ0) is 18.4. The van der Waals surface area contributed by atoms with Crippen LogP contribution < -0.4 is 5.32 Å². The number of Topliss-reactive ketones (excluding diaryl/α,β-unsaturated/α-hetero) is 1. The molecule has 25 heavy (non-hydrogen) atoms. The Morgan fingerprint density at radius 1 is 1.12 bits per heavy atom. The van der Waals surface area contributed by atoms with E-state index in [1.165, 1.54) is 11.3 Å². The average molecular weight is 380 g/mol. The minimum absolute atomic E-state index is 0.0221. The molecule has 0 spiro atoms. The van der Waals surface area contributed by atoms with E-state index in [1.807, 2.05) is 32.0 Å². The van der Waals surface area contributed by atoms with E-state index in [1.54, 1.807) is 12.1 Å². The van der Waals surface area contributed by atoms with Gasteiger partial charge >= 0.3 is 5.97 Å². The summed E-state index contributed by atoms with van der Waals surface area (Å²) in [6.45, 7) is 3.42. The SMILES string of the molecule is Cc1ccc(C)c(NC(=O)COC(=O)CCC(=O)c2ccc(Cl)s2)c1. The number of esters is 1. The topological polar surface area (TPSA) is 72.5 Å². The summed E-state index contributed by atoms with van der Waals surface area (Å²) >= 11 is 6.94. The van der Waals surface area contributed by atoms with Gasteiger partial charge in [-0.1, -0.05) is 23.7 Å². The molecule has 1 N–H and O–H groups in total. The van der Waals surface area contributed by atoms with Gasteiger partial charge in [0.2, 0.25) is 0 Å². The molecule has 7 heteroatoms. The van der Waals surface area contributed by atoms with Crippen LogP contribution in [0, 0.1) is 13.8 Å². The third kappa shape index (κ3) is 5.99. The lowest BCUT2D eigenvalue weighted by Gasteiger charge is -2.09. The van der Waals surface area contributed by atoms with Gasteiger partial charge in [0.25, 0.3) is 5.91 Å². The van der Waals surface area contributed by atoms with Crippen molar-refractivity contribution < 1.29 is 19.1 Å². The van der Waals surface area contributed by atoms with Gasteiger partial charge in [-0.15, -0.1) is 11.3 Å². The zero-order valence-electron chi connectivity index (χ0n) is 13.9. The van der Waals surface area contributed by atoms with Gasteiger partial charge in [-0.25, -0.2) is 0 Å². The third-order valence-corrected chi connectivity index (χ3v) is 4.71. The van der Waals surface area contributed by atoms with E-state index in [0.717, 1.165) is 11.1 Å². The number of carbonyl (C=O) groups is 3. The third-order valence-electron chi connectivity index (χ3n) is 3.44. The predicted octanol–water partition coefficient (Wildman–Crippen LogP) is 4.16. The maximum absolute atomic E-state index is 11.9. The Morgan fingerprint density at radius 2 is 1.88 bits per heavy atom. The summed E-state index contributed by atoms with van der Waals surface area (Å²) in [6, 6.07) is 8.95. The van der Waals surface area contributed by atoms with Crippen molar-refractivity contribution in [3.05, 3.63) is 50.7 Å². The minimum Gasteiger partial charge on any atom is -0.456 e. The van der Waals surface area contributed by atoms with E-state index in [0.29, 0.717) is 14.9 Å². The quantitative estimate of drug-likeness (QED) is 0.579. The van der Waals surface area contributed by atoms with Crippen molar-refractivity contribution in [3.63, 3.8) is 0 Å². The van der Waals surface area contributed by atoms with E-state index in [-0.39, 0.29) is 25.2 Å². The molecule has 1 amide bonds. The highest BCUT2D eigenvalue weighted by atomic mass is 35.5. The van der Waals surface area contributed by atoms with Crippen LogP contribution in [0.25, 0.3) is 0 Å². The number of hydrogen-bond donors (Lipinski definition) is 1. The van der Waals surface area contributed by atoms with Crippen molar-refractivity contribution in [3.8, 4) is 0 Å². The summed E-state index contributed by atoms with van der Waals surface area (Å²) in [5.41, 5.74) is 2.63. The van der Waals surface area contributed by atoms with Crippen molar-refractivity contribution in [2.24, 2.45) is 0 Å². The lowest BCUT2D eigenvalue weighted by atomic mass is 10.1. The molecule has 0 bridgehead atoms. The number of hydrogen-bond acceptors (Lipinski definition) is 5. The number of ketones is 1. The highest BCUT2D eigenvalue weighted by Gasteiger charge is 2.14. The first-order valence-electron chi connectivity index (χ1n) is 7.66. The van der Waals surface area contributed by atoms with Gasteiger partial charge in [-0.2, -0.15) is 0 Å². The first-order valence-corrected chi connectivity index (χ1v) is 8.86. The lowest BCUT2D eigenvalue weighted by Crippen LogP contribution is -2.21. The molecule has 0 atom stereocenters. The molecule has 0 aliphatic heterocycles. The molecule has 0 fully saturated rings. The van der Waals surface area contributed by atoms with Crippen LogP contribution in [0.15, 0.2) is 30.3 Å². The van der Waals surface area contributed by atoms with E-state index < -0.39 is 11.9 Å². The summed E-state index contributed by atoms with van der Waals surface area (Å²) in [6.07, 6.45) is -0.0562. The summed E-state index contributed by atoms with van der Waals surface area (Å²) in [4.78, 5) is 35.9. The number of amides is 1. The standard InChI is InChI=1S/C18H18ClNO4S/c1-11-3-4-12(2)13(9-11)20-17(22)10-24-18(23)8-5-14(21)15-6-7-16(19)25-15/h3-4,6-7,9H,5,8,10H2,1-2H3,(H,20,22). The number of carbonyl (C=O) groups excluding carboxylic acids is 3. The van der Waals surface area contributed by atoms with Gasteiger partial charge in [0.15, 0.2) is 12.4 Å². The second-order valence-electron chi connectivity index (χ2n) is 5.55. The van der Waals surface area contributed by atoms with Crippen LogP contribution in [-0.4, -0.2) is 24.3 Å². The Hall–Kier alpha value is -2.18. The Morgan fingerprint density at radius 3 is 2.56 bits per heavy atom. The fraction of sp³-hybridized carbons (Fsp3) is 0.278. The van der Waals surface area contributed by atoms with Crippen molar-refractivity contribution in [1.29, 1.82) is 0 Å². The van der Waals surface area contributed by atoms with Crippen LogP contribution >= 0.6 is 22.9 Å². The van der Waals surface area contributed by atoms with E-state index >= 15 is 0 Å². The number of rotatable bonds is 7. The van der Waals surface area contributed by atoms with Gasteiger partial charge in [0.05, 0.1) is 15.6 Å². The number of anilines is 1. The molecule has 0 aliphatic carbocycles. The van der Waals surface area contributed by atoms with Crippen LogP contribution in [0.1, 0.15) is 33.6 Å². The van der Waals surface area contributed by atoms with Crippen LogP contribution in [0.2, 0.25) is 4.34 Å². The second kappa shape index (κ2) is 8.78. The maximum Gasteiger partial charge on any atom is 0.306 e. The van der Waals surface area contributed by atoms with Crippen LogP contribution in [0.4, 0.5) is 5.69 Å². The second-order valence-corrected chi connectivity index (χ2v) is 7.27. The molecule has 1 aromatic carbocycles. The van der Waals surface area contributed by atoms with Crippen LogP contribution in [0.3, 0.4) is 0 Å². The van der Waals surface area contributed by atoms with Crippen molar-refractivity contribution in [2.75, 3.05) is 11.9 Å². The van der Waals surface area contributed by atoms with E-state index in [4.69, 9.17) is 16.3 Å². The largest absolute Gasteiger partial charge is 0.456 e. The molecule has 1 heterocycles. The molecule has 132 valence electrons. The molecule has 0 unspecified atom stereocenters. The summed E-state index contributed by atoms with van der Waals surface area (Å²) < 4.78 is 5.43. The number of aryl methyl sites for hydroxylation is 2. The summed E-state index contributed by atoms with van der Waals surface area (Å²) in [5, 5.41) is 2.70. The molecule has 0 radical (unpaired) electrons. The average Bonchev–Trinajstić information content (AvgIpc) is 3.00. The lowest BCUT2D eigenvalue weighted by molar-refractivity contribution is -0.147. The Labute approximate surface area is 154 Å². The molecule has 0 saturated heterocycles. The van der Waals surface area contributed by atoms with Gasteiger partial charge in [0.1, 0.15) is 0 Å². The molecule has 0 aliphatic rings. The Kier molecular flexibility index (Phi) is 6.73. The van der Waals surface area contributed by atoms with Crippen molar-refractivity contribution >= 4 is 46.3 Å². The van der Waals surface area contributed by atoms with Gasteiger partial charge < -0.3 is 10.1 Å². The summed E-state index contributed by atoms with van der Waals surface area (Å²) in [5.74, 6) is -1.18. The normalized spacial score (nSPS) is 10.4. The van der Waals surface area contributed by atoms with E-state index in [2.05, 4.69) is 5.32 Å². The molecule has 1 aromatic heterocycles. The smallest absolute Gasteiger partial charge is 0.306 e. The van der Waals surface area contributed by atoms with Crippen molar-refractivity contribution in [1.82, 2.24) is 0 Å². The fourth-order valence-corrected chi connectivity index (χ4v) is 3.09. The first-order chi connectivity index (χ1) is 11.8. The Bertz CT molecular complexity index is 800. The van der Waals surface area contributed by atoms with Crippen LogP contribution in [-0.2, 0) is 14.3 Å². The van der Waals surface area contributed by atoms with Crippen LogP contribution in [0.5, 0.6) is 0 Å². The maximum atomic E-state index is 11.9. The molecular weight excluding hydrogens is 362 g/mol. The Balaban J connectivity index is 1.75. The van der Waals surface area contributed by atoms with E-state index in [9.17, 15) is 14.4 Å². The number of halogens is 1. The molecule has 2 aromatic rings. The first kappa shape index (κ1) is 19.1. The van der Waals surface area contributed by atoms with Gasteiger partial charge in [0, 0.05) is 12.1 Å². The zero-order valence-corrected chi connectivity index (χ0v) is 15.5. The predicted molar refractivity (Wildman–Crippen MR) is 98.4 cm³/mol. The monoisotopic (exact) mass is 379 g/mol. The van der Waals surface area contributed by atoms with Crippen molar-refractivity contribution in [2.45, 2.75) is 26.7 Å².